The SMILES string of the molecule is Cc1cc(N2CCC(C)(NC(=O)CN3CCCC3=O)CC2)nc(C2CC2)n1. The van der Waals surface area contributed by atoms with Crippen molar-refractivity contribution in [2.24, 2.45) is 0 Å². The number of aryl methyl sites for hydroxylation is 1. The van der Waals surface area contributed by atoms with Crippen molar-refractivity contribution >= 4 is 17.6 Å². The molecule has 0 unspecified atom stereocenters. The number of aromatic nitrogens is 2. The van der Waals surface area contributed by atoms with Gasteiger partial charge in [-0.25, -0.2) is 9.97 Å². The molecule has 2 saturated heterocycles. The first-order chi connectivity index (χ1) is 12.9. The number of rotatable bonds is 5. The van der Waals surface area contributed by atoms with Crippen LogP contribution in [-0.4, -0.2) is 58.4 Å². The number of carbonyl (C=O) groups is 2. The first-order valence-electron chi connectivity index (χ1n) is 10.1. The minimum absolute atomic E-state index is 0.0462. The van der Waals surface area contributed by atoms with Crippen molar-refractivity contribution in [3.8, 4) is 0 Å². The van der Waals surface area contributed by atoms with Crippen LogP contribution in [0.5, 0.6) is 0 Å². The number of anilines is 1. The molecule has 2 aliphatic heterocycles. The summed E-state index contributed by atoms with van der Waals surface area (Å²) in [5.74, 6) is 2.60. The van der Waals surface area contributed by atoms with Gasteiger partial charge in [-0.2, -0.15) is 0 Å². The Hall–Kier alpha value is -2.18. The molecule has 0 atom stereocenters. The molecule has 0 aromatic carbocycles. The summed E-state index contributed by atoms with van der Waals surface area (Å²) in [6.07, 6.45) is 5.57. The van der Waals surface area contributed by atoms with Gasteiger partial charge in [0.25, 0.3) is 0 Å². The Morgan fingerprint density at radius 2 is 2.00 bits per heavy atom. The highest BCUT2D eigenvalue weighted by Crippen LogP contribution is 2.39. The highest BCUT2D eigenvalue weighted by atomic mass is 16.2. The van der Waals surface area contributed by atoms with Crippen LogP contribution < -0.4 is 10.2 Å². The van der Waals surface area contributed by atoms with E-state index in [0.29, 0.717) is 18.9 Å². The van der Waals surface area contributed by atoms with E-state index < -0.39 is 0 Å². The summed E-state index contributed by atoms with van der Waals surface area (Å²) in [5, 5.41) is 3.17. The first-order valence-corrected chi connectivity index (χ1v) is 10.1. The molecular weight excluding hydrogens is 342 g/mol. The van der Waals surface area contributed by atoms with E-state index in [1.54, 1.807) is 4.90 Å². The van der Waals surface area contributed by atoms with Gasteiger partial charge >= 0.3 is 0 Å². The quantitative estimate of drug-likeness (QED) is 0.853. The maximum atomic E-state index is 12.4. The molecule has 0 spiro atoms. The van der Waals surface area contributed by atoms with Crippen LogP contribution in [0.3, 0.4) is 0 Å². The van der Waals surface area contributed by atoms with Gasteiger partial charge in [0, 0.05) is 49.3 Å². The van der Waals surface area contributed by atoms with Gasteiger partial charge in [0.05, 0.1) is 6.54 Å². The number of likely N-dealkylation sites (tertiary alicyclic amines) is 1. The van der Waals surface area contributed by atoms with Crippen molar-refractivity contribution in [3.63, 3.8) is 0 Å². The molecule has 4 rings (SSSR count). The van der Waals surface area contributed by atoms with E-state index in [4.69, 9.17) is 4.98 Å². The normalized spacial score (nSPS) is 22.2. The van der Waals surface area contributed by atoms with Gasteiger partial charge in [-0.05, 0) is 46.0 Å². The number of amides is 2. The van der Waals surface area contributed by atoms with Crippen LogP contribution in [-0.2, 0) is 9.59 Å². The van der Waals surface area contributed by atoms with E-state index >= 15 is 0 Å². The standard InChI is InChI=1S/C20H29N5O2/c1-14-12-16(22-19(21-14)15-5-6-15)24-10-7-20(2,8-11-24)23-17(26)13-25-9-3-4-18(25)27/h12,15H,3-11,13H2,1-2H3,(H,23,26). The average Bonchev–Trinajstić information content (AvgIpc) is 3.39. The largest absolute Gasteiger partial charge is 0.356 e. The molecular formula is C20H29N5O2. The zero-order chi connectivity index (χ0) is 19.0. The smallest absolute Gasteiger partial charge is 0.240 e. The molecule has 1 N–H and O–H groups in total. The number of piperidine rings is 1. The molecule has 7 nitrogen and oxygen atoms in total. The van der Waals surface area contributed by atoms with Crippen LogP contribution in [0.1, 0.15) is 62.9 Å². The highest BCUT2D eigenvalue weighted by molar-refractivity contribution is 5.86. The predicted molar refractivity (Wildman–Crippen MR) is 103 cm³/mol. The van der Waals surface area contributed by atoms with Crippen LogP contribution >= 0.6 is 0 Å². The lowest BCUT2D eigenvalue weighted by atomic mass is 9.89. The van der Waals surface area contributed by atoms with Gasteiger partial charge in [0.2, 0.25) is 11.8 Å². The van der Waals surface area contributed by atoms with Crippen molar-refractivity contribution in [1.29, 1.82) is 0 Å². The fraction of sp³-hybridized carbons (Fsp3) is 0.700. The third kappa shape index (κ3) is 4.22. The number of carbonyl (C=O) groups excluding carboxylic acids is 2. The van der Waals surface area contributed by atoms with Crippen LogP contribution in [0.15, 0.2) is 6.07 Å². The molecule has 3 heterocycles. The van der Waals surface area contributed by atoms with Gasteiger partial charge in [0.15, 0.2) is 0 Å². The summed E-state index contributed by atoms with van der Waals surface area (Å²) < 4.78 is 0. The molecule has 1 aliphatic carbocycles. The summed E-state index contributed by atoms with van der Waals surface area (Å²) in [5.41, 5.74) is 0.802. The summed E-state index contributed by atoms with van der Waals surface area (Å²) in [4.78, 5) is 37.5. The first kappa shape index (κ1) is 18.2. The molecule has 1 aromatic heterocycles. The Kier molecular flexibility index (Phi) is 4.78. The van der Waals surface area contributed by atoms with Gasteiger partial charge in [-0.15, -0.1) is 0 Å². The highest BCUT2D eigenvalue weighted by Gasteiger charge is 2.34. The Morgan fingerprint density at radius 3 is 2.63 bits per heavy atom. The molecule has 0 bridgehead atoms. The van der Waals surface area contributed by atoms with Gasteiger partial charge in [0.1, 0.15) is 11.6 Å². The third-order valence-corrected chi connectivity index (χ3v) is 5.94. The zero-order valence-electron chi connectivity index (χ0n) is 16.3. The molecule has 7 heteroatoms. The van der Waals surface area contributed by atoms with Crippen LogP contribution in [0.2, 0.25) is 0 Å². The number of nitrogens with zero attached hydrogens (tertiary/aromatic N) is 4. The lowest BCUT2D eigenvalue weighted by Crippen LogP contribution is -2.55. The summed E-state index contributed by atoms with van der Waals surface area (Å²) in [6, 6.07) is 2.06. The van der Waals surface area contributed by atoms with Gasteiger partial charge in [-0.1, -0.05) is 0 Å². The molecule has 0 radical (unpaired) electrons. The Labute approximate surface area is 160 Å². The van der Waals surface area contributed by atoms with Gasteiger partial charge < -0.3 is 15.1 Å². The molecule has 1 aromatic rings. The number of nitrogens with one attached hydrogen (secondary N) is 1. The van der Waals surface area contributed by atoms with Crippen molar-refractivity contribution in [3.05, 3.63) is 17.6 Å². The minimum atomic E-state index is -0.224. The number of hydrogen-bond donors (Lipinski definition) is 1. The molecule has 27 heavy (non-hydrogen) atoms. The summed E-state index contributed by atoms with van der Waals surface area (Å²) in [6.45, 7) is 6.75. The monoisotopic (exact) mass is 371 g/mol. The second-order valence-corrected chi connectivity index (χ2v) is 8.51. The van der Waals surface area contributed by atoms with Crippen molar-refractivity contribution in [1.82, 2.24) is 20.2 Å². The average molecular weight is 371 g/mol. The van der Waals surface area contributed by atoms with E-state index in [1.165, 1.54) is 12.8 Å². The lowest BCUT2D eigenvalue weighted by molar-refractivity contribution is -0.133. The van der Waals surface area contributed by atoms with Crippen LogP contribution in [0.25, 0.3) is 0 Å². The molecule has 146 valence electrons. The second kappa shape index (κ2) is 7.09. The second-order valence-electron chi connectivity index (χ2n) is 8.51. The van der Waals surface area contributed by atoms with Crippen molar-refractivity contribution in [2.45, 2.75) is 63.8 Å². The predicted octanol–water partition coefficient (Wildman–Crippen LogP) is 1.76. The molecule has 3 aliphatic rings. The Balaban J connectivity index is 1.33. The van der Waals surface area contributed by atoms with Gasteiger partial charge in [-0.3, -0.25) is 9.59 Å². The van der Waals surface area contributed by atoms with E-state index in [1.807, 2.05) is 6.92 Å². The van der Waals surface area contributed by atoms with Crippen molar-refractivity contribution < 1.29 is 9.59 Å². The third-order valence-electron chi connectivity index (χ3n) is 5.94. The van der Waals surface area contributed by atoms with Crippen LogP contribution in [0, 0.1) is 6.92 Å². The zero-order valence-corrected chi connectivity index (χ0v) is 16.3. The summed E-state index contributed by atoms with van der Waals surface area (Å²) in [7, 11) is 0. The van der Waals surface area contributed by atoms with E-state index in [-0.39, 0.29) is 23.9 Å². The van der Waals surface area contributed by atoms with E-state index in [2.05, 4.69) is 28.2 Å². The Bertz CT molecular complexity index is 738. The molecule has 3 fully saturated rings. The fourth-order valence-corrected chi connectivity index (χ4v) is 4.04. The topological polar surface area (TPSA) is 78.4 Å². The maximum Gasteiger partial charge on any atom is 0.240 e. The van der Waals surface area contributed by atoms with Crippen molar-refractivity contribution in [2.75, 3.05) is 31.1 Å². The Morgan fingerprint density at radius 1 is 1.26 bits per heavy atom. The lowest BCUT2D eigenvalue weighted by Gasteiger charge is -2.40. The minimum Gasteiger partial charge on any atom is -0.356 e. The molecule has 2 amide bonds. The maximum absolute atomic E-state index is 12.4. The summed E-state index contributed by atoms with van der Waals surface area (Å²) >= 11 is 0. The fourth-order valence-electron chi connectivity index (χ4n) is 4.04. The van der Waals surface area contributed by atoms with E-state index in [0.717, 1.165) is 49.7 Å². The number of hydrogen-bond acceptors (Lipinski definition) is 5. The molecule has 1 saturated carbocycles. The van der Waals surface area contributed by atoms with E-state index in [9.17, 15) is 9.59 Å². The van der Waals surface area contributed by atoms with Crippen LogP contribution in [0.4, 0.5) is 5.82 Å².